The molecule has 0 radical (unpaired) electrons. The van der Waals surface area contributed by atoms with E-state index in [0.29, 0.717) is 22.7 Å². The standard InChI is InChI=1S/C16H23Cl2NO2/c1-2-3-4-5-6-7-8-9-15(19-21)13-10-12(17)11-14(18)16(13)20/h10-11,20-21H,2-9H2,1H3/b19-15+. The van der Waals surface area contributed by atoms with Crippen LogP contribution in [-0.4, -0.2) is 16.0 Å². The summed E-state index contributed by atoms with van der Waals surface area (Å²) < 4.78 is 0. The van der Waals surface area contributed by atoms with Crippen LogP contribution >= 0.6 is 23.2 Å². The first-order chi connectivity index (χ1) is 10.1. The second-order valence-electron chi connectivity index (χ2n) is 5.20. The lowest BCUT2D eigenvalue weighted by molar-refractivity contribution is 0.317. The van der Waals surface area contributed by atoms with E-state index in [0.717, 1.165) is 12.8 Å². The second kappa shape index (κ2) is 9.91. The van der Waals surface area contributed by atoms with Gasteiger partial charge in [0.25, 0.3) is 0 Å². The van der Waals surface area contributed by atoms with Gasteiger partial charge in [-0.1, -0.05) is 73.8 Å². The highest BCUT2D eigenvalue weighted by Crippen LogP contribution is 2.32. The molecule has 0 aliphatic rings. The minimum absolute atomic E-state index is 0.0863. The second-order valence-corrected chi connectivity index (χ2v) is 6.05. The molecule has 1 rings (SSSR count). The van der Waals surface area contributed by atoms with Crippen LogP contribution in [-0.2, 0) is 0 Å². The summed E-state index contributed by atoms with van der Waals surface area (Å²) in [4.78, 5) is 0. The molecule has 0 bridgehead atoms. The lowest BCUT2D eigenvalue weighted by Gasteiger charge is -2.09. The van der Waals surface area contributed by atoms with Crippen LogP contribution in [0.3, 0.4) is 0 Å². The maximum absolute atomic E-state index is 9.94. The van der Waals surface area contributed by atoms with E-state index in [-0.39, 0.29) is 10.8 Å². The molecule has 5 heteroatoms. The van der Waals surface area contributed by atoms with Gasteiger partial charge in [-0.15, -0.1) is 0 Å². The van der Waals surface area contributed by atoms with Crippen molar-refractivity contribution in [2.24, 2.45) is 5.16 Å². The van der Waals surface area contributed by atoms with E-state index in [9.17, 15) is 5.11 Å². The van der Waals surface area contributed by atoms with E-state index in [1.807, 2.05) is 0 Å². The molecule has 0 atom stereocenters. The molecule has 0 amide bonds. The van der Waals surface area contributed by atoms with Crippen molar-refractivity contribution in [2.45, 2.75) is 58.3 Å². The lowest BCUT2D eigenvalue weighted by Crippen LogP contribution is -2.02. The SMILES string of the molecule is CCCCCCCCC/C(=N\O)c1cc(Cl)cc(Cl)c1O. The summed E-state index contributed by atoms with van der Waals surface area (Å²) in [5.41, 5.74) is 0.825. The van der Waals surface area contributed by atoms with Crippen LogP contribution in [0.2, 0.25) is 10.0 Å². The Morgan fingerprint density at radius 1 is 1.05 bits per heavy atom. The quantitative estimate of drug-likeness (QED) is 0.251. The van der Waals surface area contributed by atoms with E-state index >= 15 is 0 Å². The lowest BCUT2D eigenvalue weighted by atomic mass is 10.0. The number of phenols is 1. The molecule has 0 aliphatic carbocycles. The molecule has 1 aromatic rings. The summed E-state index contributed by atoms with van der Waals surface area (Å²) in [7, 11) is 0. The summed E-state index contributed by atoms with van der Waals surface area (Å²) in [6.45, 7) is 2.20. The molecule has 2 N–H and O–H groups in total. The van der Waals surface area contributed by atoms with Gasteiger partial charge in [0.05, 0.1) is 10.7 Å². The van der Waals surface area contributed by atoms with Crippen molar-refractivity contribution < 1.29 is 10.3 Å². The summed E-state index contributed by atoms with van der Waals surface area (Å²) >= 11 is 11.8. The Hall–Kier alpha value is -0.930. The van der Waals surface area contributed by atoms with Crippen molar-refractivity contribution in [2.75, 3.05) is 0 Å². The van der Waals surface area contributed by atoms with Crippen molar-refractivity contribution in [3.05, 3.63) is 27.7 Å². The molecule has 118 valence electrons. The third-order valence-corrected chi connectivity index (χ3v) is 3.98. The number of aromatic hydroxyl groups is 1. The zero-order valence-corrected chi connectivity index (χ0v) is 13.9. The van der Waals surface area contributed by atoms with Crippen LogP contribution in [0.4, 0.5) is 0 Å². The molecule has 0 aliphatic heterocycles. The highest BCUT2D eigenvalue weighted by molar-refractivity contribution is 6.36. The number of oxime groups is 1. The van der Waals surface area contributed by atoms with E-state index in [1.54, 1.807) is 6.07 Å². The molecule has 0 aromatic heterocycles. The average Bonchev–Trinajstić information content (AvgIpc) is 2.46. The van der Waals surface area contributed by atoms with Gasteiger partial charge in [-0.05, 0) is 25.0 Å². The number of unbranched alkanes of at least 4 members (excludes halogenated alkanes) is 6. The monoisotopic (exact) mass is 331 g/mol. The Kier molecular flexibility index (Phi) is 8.55. The van der Waals surface area contributed by atoms with Crippen LogP contribution < -0.4 is 0 Å². The summed E-state index contributed by atoms with van der Waals surface area (Å²) in [6, 6.07) is 3.03. The van der Waals surface area contributed by atoms with Crippen molar-refractivity contribution in [1.82, 2.24) is 0 Å². The first-order valence-electron chi connectivity index (χ1n) is 7.49. The molecule has 0 saturated heterocycles. The van der Waals surface area contributed by atoms with Crippen LogP contribution in [0.25, 0.3) is 0 Å². The van der Waals surface area contributed by atoms with Gasteiger partial charge in [0.1, 0.15) is 5.75 Å². The predicted octanol–water partition coefficient (Wildman–Crippen LogP) is 6.02. The van der Waals surface area contributed by atoms with Gasteiger partial charge < -0.3 is 10.3 Å². The molecule has 0 unspecified atom stereocenters. The normalized spacial score (nSPS) is 11.9. The first kappa shape index (κ1) is 18.1. The van der Waals surface area contributed by atoms with E-state index in [4.69, 9.17) is 28.4 Å². The Morgan fingerprint density at radius 3 is 2.29 bits per heavy atom. The van der Waals surface area contributed by atoms with E-state index in [2.05, 4.69) is 12.1 Å². The molecular weight excluding hydrogens is 309 g/mol. The molecule has 0 fully saturated rings. The van der Waals surface area contributed by atoms with Gasteiger partial charge in [0.2, 0.25) is 0 Å². The summed E-state index contributed by atoms with van der Waals surface area (Å²) in [6.07, 6.45) is 8.83. The molecule has 0 saturated carbocycles. The van der Waals surface area contributed by atoms with Crippen LogP contribution in [0.1, 0.15) is 63.9 Å². The van der Waals surface area contributed by atoms with E-state index in [1.165, 1.54) is 38.2 Å². The minimum atomic E-state index is -0.0863. The number of halogens is 2. The summed E-state index contributed by atoms with van der Waals surface area (Å²) in [5, 5.41) is 23.0. The Bertz CT molecular complexity index is 476. The number of rotatable bonds is 9. The Balaban J connectivity index is 2.50. The molecular formula is C16H23Cl2NO2. The van der Waals surface area contributed by atoms with Crippen LogP contribution in [0.15, 0.2) is 17.3 Å². The molecule has 0 heterocycles. The van der Waals surface area contributed by atoms with E-state index < -0.39 is 0 Å². The van der Waals surface area contributed by atoms with Gasteiger partial charge in [-0.3, -0.25) is 0 Å². The Morgan fingerprint density at radius 2 is 1.67 bits per heavy atom. The molecule has 1 aromatic carbocycles. The number of benzene rings is 1. The fourth-order valence-electron chi connectivity index (χ4n) is 2.27. The fraction of sp³-hybridized carbons (Fsp3) is 0.562. The maximum Gasteiger partial charge on any atom is 0.143 e. The number of nitrogens with zero attached hydrogens (tertiary/aromatic N) is 1. The minimum Gasteiger partial charge on any atom is -0.506 e. The first-order valence-corrected chi connectivity index (χ1v) is 8.25. The Labute approximate surface area is 136 Å². The fourth-order valence-corrected chi connectivity index (χ4v) is 2.77. The smallest absolute Gasteiger partial charge is 0.143 e. The van der Waals surface area contributed by atoms with Crippen molar-refractivity contribution in [1.29, 1.82) is 0 Å². The molecule has 21 heavy (non-hydrogen) atoms. The number of phenolic OH excluding ortho intramolecular Hbond substituents is 1. The van der Waals surface area contributed by atoms with Gasteiger partial charge in [-0.25, -0.2) is 0 Å². The van der Waals surface area contributed by atoms with Gasteiger partial charge in [0.15, 0.2) is 0 Å². The molecule has 0 spiro atoms. The van der Waals surface area contributed by atoms with Crippen molar-refractivity contribution in [3.8, 4) is 5.75 Å². The highest BCUT2D eigenvalue weighted by atomic mass is 35.5. The third-order valence-electron chi connectivity index (χ3n) is 3.48. The summed E-state index contributed by atoms with van der Waals surface area (Å²) in [5.74, 6) is -0.0863. The maximum atomic E-state index is 9.94. The van der Waals surface area contributed by atoms with Crippen molar-refractivity contribution >= 4 is 28.9 Å². The van der Waals surface area contributed by atoms with Gasteiger partial charge in [0, 0.05) is 10.6 Å². The number of hydrogen-bond donors (Lipinski definition) is 2. The topological polar surface area (TPSA) is 52.8 Å². The average molecular weight is 332 g/mol. The van der Waals surface area contributed by atoms with Crippen molar-refractivity contribution in [3.63, 3.8) is 0 Å². The third kappa shape index (κ3) is 6.15. The van der Waals surface area contributed by atoms with Crippen LogP contribution in [0.5, 0.6) is 5.75 Å². The van der Waals surface area contributed by atoms with Gasteiger partial charge in [-0.2, -0.15) is 0 Å². The highest BCUT2D eigenvalue weighted by Gasteiger charge is 2.14. The molecule has 3 nitrogen and oxygen atoms in total. The zero-order valence-electron chi connectivity index (χ0n) is 12.4. The number of hydrogen-bond acceptors (Lipinski definition) is 3. The largest absolute Gasteiger partial charge is 0.506 e. The van der Waals surface area contributed by atoms with Crippen LogP contribution in [0, 0.1) is 0 Å². The predicted molar refractivity (Wildman–Crippen MR) is 89.1 cm³/mol. The van der Waals surface area contributed by atoms with Gasteiger partial charge >= 0.3 is 0 Å². The zero-order chi connectivity index (χ0) is 15.7.